The Labute approximate surface area is 182 Å². The lowest BCUT2D eigenvalue weighted by atomic mass is 10.0. The van der Waals surface area contributed by atoms with Crippen molar-refractivity contribution < 1.29 is 28.3 Å². The molecule has 1 atom stereocenters. The second-order valence-corrected chi connectivity index (χ2v) is 8.08. The molecular formula is C21H25F2N3O6. The van der Waals surface area contributed by atoms with Crippen LogP contribution in [-0.4, -0.2) is 45.7 Å². The molecule has 1 aromatic carbocycles. The zero-order valence-electron chi connectivity index (χ0n) is 17.9. The van der Waals surface area contributed by atoms with Crippen molar-refractivity contribution in [2.24, 2.45) is 5.92 Å². The van der Waals surface area contributed by atoms with Crippen LogP contribution in [0.5, 0.6) is 0 Å². The summed E-state index contributed by atoms with van der Waals surface area (Å²) < 4.78 is 35.4. The first-order valence-electron chi connectivity index (χ1n) is 10.3. The Morgan fingerprint density at radius 2 is 2.06 bits per heavy atom. The number of anilines is 1. The summed E-state index contributed by atoms with van der Waals surface area (Å²) in [6, 6.07) is 1.68. The normalized spacial score (nSPS) is 15.1. The zero-order chi connectivity index (χ0) is 23.8. The molecule has 1 fully saturated rings. The summed E-state index contributed by atoms with van der Waals surface area (Å²) in [6.07, 6.45) is 0.951. The number of aliphatic hydroxyl groups is 1. The molecule has 32 heavy (non-hydrogen) atoms. The van der Waals surface area contributed by atoms with Gasteiger partial charge in [-0.3, -0.25) is 14.9 Å². The van der Waals surface area contributed by atoms with Crippen LogP contribution in [0.1, 0.15) is 50.0 Å². The number of alkyl halides is 2. The SMILES string of the molecule is CCOC(=O)c1c(N[C@@H](C2CC2)C(F)(F)CO)c2cc([N+](=O)[O-])ccc2n(C(C)C)c1=O. The molecule has 174 valence electrons. The van der Waals surface area contributed by atoms with E-state index >= 15 is 0 Å². The quantitative estimate of drug-likeness (QED) is 0.338. The molecular weight excluding hydrogens is 428 g/mol. The van der Waals surface area contributed by atoms with Gasteiger partial charge in [-0.1, -0.05) is 0 Å². The number of aromatic nitrogens is 1. The fourth-order valence-corrected chi connectivity index (χ4v) is 3.83. The average molecular weight is 453 g/mol. The number of nitro benzene ring substituents is 1. The number of fused-ring (bicyclic) bond motifs is 1. The Morgan fingerprint density at radius 1 is 1.41 bits per heavy atom. The van der Waals surface area contributed by atoms with Crippen molar-refractivity contribution in [1.29, 1.82) is 0 Å². The van der Waals surface area contributed by atoms with E-state index < -0.39 is 52.5 Å². The van der Waals surface area contributed by atoms with Crippen LogP contribution in [0.25, 0.3) is 10.9 Å². The molecule has 1 aromatic heterocycles. The largest absolute Gasteiger partial charge is 0.462 e. The summed E-state index contributed by atoms with van der Waals surface area (Å²) in [4.78, 5) is 36.8. The Kier molecular flexibility index (Phi) is 6.49. The highest BCUT2D eigenvalue weighted by Gasteiger charge is 2.48. The minimum Gasteiger partial charge on any atom is -0.462 e. The van der Waals surface area contributed by atoms with Crippen molar-refractivity contribution >= 4 is 28.2 Å². The number of benzene rings is 1. The van der Waals surface area contributed by atoms with Crippen molar-refractivity contribution in [2.45, 2.75) is 51.6 Å². The number of carbonyl (C=O) groups excluding carboxylic acids is 1. The van der Waals surface area contributed by atoms with Crippen LogP contribution in [0, 0.1) is 16.0 Å². The highest BCUT2D eigenvalue weighted by atomic mass is 19.3. The highest BCUT2D eigenvalue weighted by Crippen LogP contribution is 2.42. The van der Waals surface area contributed by atoms with Gasteiger partial charge in [0, 0.05) is 23.6 Å². The van der Waals surface area contributed by atoms with Crippen LogP contribution >= 0.6 is 0 Å². The van der Waals surface area contributed by atoms with Gasteiger partial charge in [0.05, 0.1) is 28.8 Å². The predicted molar refractivity (Wildman–Crippen MR) is 113 cm³/mol. The number of aliphatic hydroxyl groups excluding tert-OH is 1. The molecule has 0 aliphatic heterocycles. The predicted octanol–water partition coefficient (Wildman–Crippen LogP) is 3.49. The number of pyridine rings is 1. The van der Waals surface area contributed by atoms with E-state index in [2.05, 4.69) is 5.32 Å². The lowest BCUT2D eigenvalue weighted by Gasteiger charge is -2.29. The molecule has 11 heteroatoms. The summed E-state index contributed by atoms with van der Waals surface area (Å²) in [5.74, 6) is -5.06. The number of nitro groups is 1. The highest BCUT2D eigenvalue weighted by molar-refractivity contribution is 6.05. The molecule has 2 aromatic rings. The number of ether oxygens (including phenoxy) is 1. The molecule has 1 aliphatic carbocycles. The molecule has 1 heterocycles. The third-order valence-corrected chi connectivity index (χ3v) is 5.46. The third kappa shape index (κ3) is 4.29. The average Bonchev–Trinajstić information content (AvgIpc) is 3.55. The molecule has 1 saturated carbocycles. The number of non-ortho nitro benzene ring substituents is 1. The standard InChI is InChI=1S/C21H25F2N3O6/c1-4-32-20(29)16-17(24-18(12-5-6-12)21(22,23)10-27)14-9-13(26(30)31)7-8-15(14)25(11(2)3)19(16)28/h7-9,11-12,18,24,27H,4-6,10H2,1-3H3/t18-/m0/s1. The first-order chi connectivity index (χ1) is 15.0. The van der Waals surface area contributed by atoms with Gasteiger partial charge in [0.15, 0.2) is 0 Å². The van der Waals surface area contributed by atoms with E-state index in [4.69, 9.17) is 4.74 Å². The fraction of sp³-hybridized carbons (Fsp3) is 0.524. The van der Waals surface area contributed by atoms with Crippen LogP contribution < -0.4 is 10.9 Å². The zero-order valence-corrected chi connectivity index (χ0v) is 17.9. The molecule has 0 radical (unpaired) electrons. The lowest BCUT2D eigenvalue weighted by molar-refractivity contribution is -0.384. The summed E-state index contributed by atoms with van der Waals surface area (Å²) in [7, 11) is 0. The number of nitrogens with one attached hydrogen (secondary N) is 1. The monoisotopic (exact) mass is 453 g/mol. The molecule has 0 spiro atoms. The van der Waals surface area contributed by atoms with Crippen molar-refractivity contribution in [1.82, 2.24) is 4.57 Å². The van der Waals surface area contributed by atoms with Crippen LogP contribution in [0.2, 0.25) is 0 Å². The van der Waals surface area contributed by atoms with Crippen LogP contribution in [-0.2, 0) is 4.74 Å². The third-order valence-electron chi connectivity index (χ3n) is 5.46. The molecule has 1 aliphatic rings. The van der Waals surface area contributed by atoms with Crippen LogP contribution in [0.4, 0.5) is 20.2 Å². The van der Waals surface area contributed by atoms with Gasteiger partial charge in [-0.2, -0.15) is 0 Å². The molecule has 0 saturated heterocycles. The first kappa shape index (κ1) is 23.6. The Hall–Kier alpha value is -3.08. The first-order valence-corrected chi connectivity index (χ1v) is 10.3. The number of hydrogen-bond donors (Lipinski definition) is 2. The van der Waals surface area contributed by atoms with E-state index in [0.717, 1.165) is 6.07 Å². The minimum absolute atomic E-state index is 0.0643. The van der Waals surface area contributed by atoms with E-state index in [-0.39, 0.29) is 28.9 Å². The maximum atomic E-state index is 14.6. The molecule has 9 nitrogen and oxygen atoms in total. The van der Waals surface area contributed by atoms with E-state index in [1.165, 1.54) is 23.6 Å². The van der Waals surface area contributed by atoms with Gasteiger partial charge in [-0.25, -0.2) is 13.6 Å². The van der Waals surface area contributed by atoms with E-state index in [0.29, 0.717) is 12.8 Å². The van der Waals surface area contributed by atoms with Crippen LogP contribution in [0.15, 0.2) is 23.0 Å². The van der Waals surface area contributed by atoms with Gasteiger partial charge in [0.25, 0.3) is 17.2 Å². The maximum Gasteiger partial charge on any atom is 0.345 e. The number of carbonyl (C=O) groups is 1. The summed E-state index contributed by atoms with van der Waals surface area (Å²) in [5, 5.41) is 23.3. The van der Waals surface area contributed by atoms with Gasteiger partial charge in [0.1, 0.15) is 12.2 Å². The van der Waals surface area contributed by atoms with Gasteiger partial charge < -0.3 is 19.7 Å². The number of rotatable bonds is 9. The topological polar surface area (TPSA) is 124 Å². The maximum absolute atomic E-state index is 14.6. The van der Waals surface area contributed by atoms with Crippen molar-refractivity contribution in [3.05, 3.63) is 44.2 Å². The number of halogens is 2. The van der Waals surface area contributed by atoms with E-state index in [1.807, 2.05) is 0 Å². The summed E-state index contributed by atoms with van der Waals surface area (Å²) in [6.45, 7) is 3.42. The molecule has 2 N–H and O–H groups in total. The number of hydrogen-bond acceptors (Lipinski definition) is 7. The summed E-state index contributed by atoms with van der Waals surface area (Å²) >= 11 is 0. The van der Waals surface area contributed by atoms with Crippen molar-refractivity contribution in [2.75, 3.05) is 18.5 Å². The van der Waals surface area contributed by atoms with Gasteiger partial charge in [-0.15, -0.1) is 0 Å². The minimum atomic E-state index is -3.55. The van der Waals surface area contributed by atoms with Crippen molar-refractivity contribution in [3.8, 4) is 0 Å². The Bertz CT molecular complexity index is 1110. The molecule has 0 bridgehead atoms. The number of esters is 1. The molecule has 3 rings (SSSR count). The smallest absolute Gasteiger partial charge is 0.345 e. The fourth-order valence-electron chi connectivity index (χ4n) is 3.83. The lowest BCUT2D eigenvalue weighted by Crippen LogP contribution is -2.45. The van der Waals surface area contributed by atoms with Crippen molar-refractivity contribution in [3.63, 3.8) is 0 Å². The van der Waals surface area contributed by atoms with Gasteiger partial charge >= 0.3 is 5.97 Å². The van der Waals surface area contributed by atoms with Gasteiger partial charge in [-0.05, 0) is 45.6 Å². The number of nitrogens with zero attached hydrogens (tertiary/aromatic N) is 2. The second-order valence-electron chi connectivity index (χ2n) is 8.08. The van der Waals surface area contributed by atoms with E-state index in [1.54, 1.807) is 13.8 Å². The van der Waals surface area contributed by atoms with E-state index in [9.17, 15) is 33.6 Å². The van der Waals surface area contributed by atoms with Gasteiger partial charge in [0.2, 0.25) is 0 Å². The molecule has 0 amide bonds. The van der Waals surface area contributed by atoms with Crippen LogP contribution in [0.3, 0.4) is 0 Å². The Balaban J connectivity index is 2.39. The second kappa shape index (κ2) is 8.81. The Morgan fingerprint density at radius 3 is 2.56 bits per heavy atom. The molecule has 0 unspecified atom stereocenters. The summed E-state index contributed by atoms with van der Waals surface area (Å²) in [5.41, 5.74) is -1.61.